The minimum absolute atomic E-state index is 0.190. The van der Waals surface area contributed by atoms with Gasteiger partial charge in [-0.15, -0.1) is 0 Å². The van der Waals surface area contributed by atoms with E-state index >= 15 is 0 Å². The van der Waals surface area contributed by atoms with Gasteiger partial charge >= 0.3 is 0 Å². The van der Waals surface area contributed by atoms with E-state index in [-0.39, 0.29) is 5.91 Å². The van der Waals surface area contributed by atoms with E-state index in [1.807, 2.05) is 66.7 Å². The van der Waals surface area contributed by atoms with Gasteiger partial charge in [0.1, 0.15) is 0 Å². The van der Waals surface area contributed by atoms with Crippen LogP contribution in [-0.2, 0) is 0 Å². The van der Waals surface area contributed by atoms with Crippen LogP contribution in [0, 0.1) is 11.3 Å². The molecule has 3 N–H and O–H groups in total. The Hall–Kier alpha value is -5.22. The van der Waals surface area contributed by atoms with Gasteiger partial charge in [-0.05, 0) is 84.9 Å². The van der Waals surface area contributed by atoms with Gasteiger partial charge in [0.25, 0.3) is 5.91 Å². The summed E-state index contributed by atoms with van der Waals surface area (Å²) in [5, 5.41) is 19.6. The standard InChI is InChI=1S/C28H20N6O/c29-18-19-1-10-26-25(17-19)27(13-16-31-26)33-22-6-8-23(9-7-22)34-28(35)20-2-4-21(5-3-20)32-24-11-14-30-15-12-24/h1-17H,(H,30,32)(H,31,33)(H,34,35). The summed E-state index contributed by atoms with van der Waals surface area (Å²) in [6.45, 7) is 0. The molecule has 35 heavy (non-hydrogen) atoms. The lowest BCUT2D eigenvalue weighted by atomic mass is 10.1. The maximum Gasteiger partial charge on any atom is 0.255 e. The van der Waals surface area contributed by atoms with Crippen LogP contribution in [0.2, 0.25) is 0 Å². The smallest absolute Gasteiger partial charge is 0.255 e. The second-order valence-electron chi connectivity index (χ2n) is 7.80. The van der Waals surface area contributed by atoms with Gasteiger partial charge in [0.2, 0.25) is 0 Å². The van der Waals surface area contributed by atoms with E-state index in [9.17, 15) is 10.1 Å². The molecule has 0 spiro atoms. The van der Waals surface area contributed by atoms with E-state index in [1.54, 1.807) is 36.8 Å². The zero-order valence-corrected chi connectivity index (χ0v) is 18.6. The average molecular weight is 457 g/mol. The normalized spacial score (nSPS) is 10.4. The molecule has 1 amide bonds. The highest BCUT2D eigenvalue weighted by atomic mass is 16.1. The van der Waals surface area contributed by atoms with Crippen molar-refractivity contribution in [3.63, 3.8) is 0 Å². The SMILES string of the molecule is N#Cc1ccc2nccc(Nc3ccc(NC(=O)c4ccc(Nc5ccncc5)cc4)cc3)c2c1. The van der Waals surface area contributed by atoms with E-state index in [0.717, 1.165) is 33.7 Å². The van der Waals surface area contributed by atoms with Gasteiger partial charge in [0.15, 0.2) is 0 Å². The van der Waals surface area contributed by atoms with Crippen molar-refractivity contribution in [2.75, 3.05) is 16.0 Å². The summed E-state index contributed by atoms with van der Waals surface area (Å²) in [5.74, 6) is -0.190. The van der Waals surface area contributed by atoms with Gasteiger partial charge in [0.05, 0.1) is 17.1 Å². The number of nitrogens with zero attached hydrogens (tertiary/aromatic N) is 3. The number of nitrogens with one attached hydrogen (secondary N) is 3. The summed E-state index contributed by atoms with van der Waals surface area (Å²) in [4.78, 5) is 21.0. The maximum atomic E-state index is 12.7. The number of amides is 1. The van der Waals surface area contributed by atoms with Crippen molar-refractivity contribution in [1.29, 1.82) is 5.26 Å². The number of fused-ring (bicyclic) bond motifs is 1. The topological polar surface area (TPSA) is 103 Å². The Kier molecular flexibility index (Phi) is 6.01. The van der Waals surface area contributed by atoms with Crippen molar-refractivity contribution >= 4 is 45.2 Å². The zero-order valence-electron chi connectivity index (χ0n) is 18.6. The van der Waals surface area contributed by atoms with Crippen LogP contribution in [0.5, 0.6) is 0 Å². The first-order valence-electron chi connectivity index (χ1n) is 10.9. The second kappa shape index (κ2) is 9.73. The molecule has 7 nitrogen and oxygen atoms in total. The predicted molar refractivity (Wildman–Crippen MR) is 138 cm³/mol. The first-order chi connectivity index (χ1) is 17.2. The highest BCUT2D eigenvalue weighted by molar-refractivity contribution is 6.04. The van der Waals surface area contributed by atoms with Crippen molar-refractivity contribution in [3.8, 4) is 6.07 Å². The van der Waals surface area contributed by atoms with E-state index < -0.39 is 0 Å². The van der Waals surface area contributed by atoms with E-state index in [4.69, 9.17) is 0 Å². The average Bonchev–Trinajstić information content (AvgIpc) is 2.91. The minimum Gasteiger partial charge on any atom is -0.355 e. The molecule has 2 heterocycles. The van der Waals surface area contributed by atoms with Gasteiger partial charge < -0.3 is 16.0 Å². The van der Waals surface area contributed by atoms with Crippen molar-refractivity contribution in [2.45, 2.75) is 0 Å². The molecule has 0 fully saturated rings. The number of hydrogen-bond acceptors (Lipinski definition) is 6. The third-order valence-corrected chi connectivity index (χ3v) is 5.41. The first kappa shape index (κ1) is 21.6. The van der Waals surface area contributed by atoms with Crippen LogP contribution in [-0.4, -0.2) is 15.9 Å². The largest absolute Gasteiger partial charge is 0.355 e. The highest BCUT2D eigenvalue weighted by Gasteiger charge is 2.08. The molecular formula is C28H20N6O. The van der Waals surface area contributed by atoms with Crippen LogP contribution in [0.25, 0.3) is 10.9 Å². The fourth-order valence-electron chi connectivity index (χ4n) is 3.63. The van der Waals surface area contributed by atoms with Gasteiger partial charge in [-0.3, -0.25) is 14.8 Å². The Balaban J connectivity index is 1.25. The number of anilines is 5. The lowest BCUT2D eigenvalue weighted by Crippen LogP contribution is -2.11. The quantitative estimate of drug-likeness (QED) is 0.279. The molecule has 0 unspecified atom stereocenters. The molecule has 0 saturated heterocycles. The number of hydrogen-bond donors (Lipinski definition) is 3. The van der Waals surface area contributed by atoms with Crippen LogP contribution >= 0.6 is 0 Å². The molecule has 0 saturated carbocycles. The molecule has 0 bridgehead atoms. The number of carbonyl (C=O) groups excluding carboxylic acids is 1. The van der Waals surface area contributed by atoms with Crippen LogP contribution in [0.15, 0.2) is 104 Å². The van der Waals surface area contributed by atoms with Crippen LogP contribution in [0.1, 0.15) is 15.9 Å². The first-order valence-corrected chi connectivity index (χ1v) is 10.9. The molecule has 0 radical (unpaired) electrons. The monoisotopic (exact) mass is 456 g/mol. The van der Waals surface area contributed by atoms with E-state index in [0.29, 0.717) is 16.8 Å². The lowest BCUT2D eigenvalue weighted by Gasteiger charge is -2.11. The second-order valence-corrected chi connectivity index (χ2v) is 7.80. The summed E-state index contributed by atoms with van der Waals surface area (Å²) in [7, 11) is 0. The summed E-state index contributed by atoms with van der Waals surface area (Å²) in [5.41, 5.74) is 6.14. The lowest BCUT2D eigenvalue weighted by molar-refractivity contribution is 0.102. The fraction of sp³-hybridized carbons (Fsp3) is 0. The molecule has 0 aliphatic carbocycles. The zero-order chi connectivity index (χ0) is 24.0. The predicted octanol–water partition coefficient (Wildman–Crippen LogP) is 6.24. The number of pyridine rings is 2. The third kappa shape index (κ3) is 5.07. The summed E-state index contributed by atoms with van der Waals surface area (Å²) in [6.07, 6.45) is 5.16. The molecule has 3 aromatic carbocycles. The Morgan fingerprint density at radius 3 is 2.11 bits per heavy atom. The fourth-order valence-corrected chi connectivity index (χ4v) is 3.63. The number of carbonyl (C=O) groups is 1. The van der Waals surface area contributed by atoms with Crippen LogP contribution in [0.4, 0.5) is 28.4 Å². The minimum atomic E-state index is -0.190. The Bertz CT molecular complexity index is 1520. The van der Waals surface area contributed by atoms with Crippen LogP contribution < -0.4 is 16.0 Å². The maximum absolute atomic E-state index is 12.7. The van der Waals surface area contributed by atoms with Gasteiger partial charge in [-0.2, -0.15) is 5.26 Å². The van der Waals surface area contributed by atoms with Gasteiger partial charge in [-0.25, -0.2) is 0 Å². The summed E-state index contributed by atoms with van der Waals surface area (Å²) < 4.78 is 0. The third-order valence-electron chi connectivity index (χ3n) is 5.41. The molecule has 5 aromatic rings. The van der Waals surface area contributed by atoms with E-state index in [2.05, 4.69) is 32.0 Å². The molecule has 168 valence electrons. The Morgan fingerprint density at radius 1 is 0.714 bits per heavy atom. The number of aromatic nitrogens is 2. The molecule has 0 aliphatic rings. The Morgan fingerprint density at radius 2 is 1.37 bits per heavy atom. The van der Waals surface area contributed by atoms with Crippen LogP contribution in [0.3, 0.4) is 0 Å². The van der Waals surface area contributed by atoms with Crippen molar-refractivity contribution < 1.29 is 4.79 Å². The highest BCUT2D eigenvalue weighted by Crippen LogP contribution is 2.27. The van der Waals surface area contributed by atoms with Crippen molar-refractivity contribution in [1.82, 2.24) is 9.97 Å². The van der Waals surface area contributed by atoms with E-state index in [1.165, 1.54) is 0 Å². The van der Waals surface area contributed by atoms with Gasteiger partial charge in [-0.1, -0.05) is 0 Å². The van der Waals surface area contributed by atoms with Gasteiger partial charge in [0, 0.05) is 58.0 Å². The van der Waals surface area contributed by atoms with Crippen molar-refractivity contribution in [2.24, 2.45) is 0 Å². The molecular weight excluding hydrogens is 436 g/mol. The number of nitriles is 1. The molecule has 0 aliphatic heterocycles. The molecule has 7 heteroatoms. The molecule has 2 aromatic heterocycles. The van der Waals surface area contributed by atoms with Crippen molar-refractivity contribution in [3.05, 3.63) is 115 Å². The molecule has 5 rings (SSSR count). The summed E-state index contributed by atoms with van der Waals surface area (Å²) >= 11 is 0. The Labute approximate surface area is 202 Å². The number of rotatable bonds is 6. The summed E-state index contributed by atoms with van der Waals surface area (Å²) in [6, 6.07) is 27.9. The number of benzene rings is 3. The molecule has 0 atom stereocenters.